The van der Waals surface area contributed by atoms with Gasteiger partial charge in [-0.2, -0.15) is 0 Å². The summed E-state index contributed by atoms with van der Waals surface area (Å²) in [6.07, 6.45) is 0.811. The van der Waals surface area contributed by atoms with Crippen LogP contribution in [0.1, 0.15) is 12.8 Å². The molecule has 1 fully saturated rings. The van der Waals surface area contributed by atoms with Crippen LogP contribution in [0.5, 0.6) is 0 Å². The first-order chi connectivity index (χ1) is 4.14. The van der Waals surface area contributed by atoms with Crippen LogP contribution in [-0.4, -0.2) is 17.3 Å². The minimum atomic E-state index is -2.51. The molecule has 2 nitrogen and oxygen atoms in total. The third-order valence-corrected chi connectivity index (χ3v) is 1.40. The number of nitrogens with zero attached hydrogens (tertiary/aromatic N) is 1. The highest BCUT2D eigenvalue weighted by Crippen LogP contribution is 2.41. The highest BCUT2D eigenvalue weighted by Gasteiger charge is 2.44. The van der Waals surface area contributed by atoms with Gasteiger partial charge in [-0.15, -0.1) is 5.16 Å². The molecule has 0 aromatic heterocycles. The molecule has 1 N–H and O–H groups in total. The Hall–Kier alpha value is -0.670. The van der Waals surface area contributed by atoms with Gasteiger partial charge < -0.3 is 5.21 Å². The Morgan fingerprint density at radius 3 is 2.44 bits per heavy atom. The van der Waals surface area contributed by atoms with E-state index in [2.05, 4.69) is 5.16 Å². The molecule has 52 valence electrons. The van der Waals surface area contributed by atoms with Gasteiger partial charge in [-0.1, -0.05) is 0 Å². The van der Waals surface area contributed by atoms with Crippen LogP contribution in [0.2, 0.25) is 0 Å². The molecule has 0 saturated heterocycles. The van der Waals surface area contributed by atoms with Gasteiger partial charge in [0.25, 0.3) is 0 Å². The smallest absolute Gasteiger partial charge is 0.249 e. The summed E-state index contributed by atoms with van der Waals surface area (Å²) in [5.41, 5.74) is 0. The van der Waals surface area contributed by atoms with Crippen LogP contribution in [0.3, 0.4) is 0 Å². The zero-order valence-electron chi connectivity index (χ0n) is 4.72. The fourth-order valence-electron chi connectivity index (χ4n) is 0.907. The normalized spacial score (nSPS) is 26.4. The molecule has 0 amide bonds. The Morgan fingerprint density at radius 1 is 1.56 bits per heavy atom. The summed E-state index contributed by atoms with van der Waals surface area (Å²) < 4.78 is 23.9. The number of alkyl halides is 2. The van der Waals surface area contributed by atoms with E-state index >= 15 is 0 Å². The highest BCUT2D eigenvalue weighted by atomic mass is 19.3. The Bertz CT molecular complexity index is 127. The molecule has 4 heteroatoms. The van der Waals surface area contributed by atoms with Crippen molar-refractivity contribution in [3.8, 4) is 0 Å². The number of halogens is 2. The summed E-state index contributed by atoms with van der Waals surface area (Å²) in [7, 11) is 0. The molecule has 0 spiro atoms. The Labute approximate surface area is 51.2 Å². The van der Waals surface area contributed by atoms with Gasteiger partial charge >= 0.3 is 0 Å². The zero-order valence-corrected chi connectivity index (χ0v) is 4.72. The van der Waals surface area contributed by atoms with E-state index < -0.39 is 5.92 Å². The van der Waals surface area contributed by atoms with Gasteiger partial charge in [0, 0.05) is 25.0 Å². The van der Waals surface area contributed by atoms with Gasteiger partial charge in [0.15, 0.2) is 0 Å². The van der Waals surface area contributed by atoms with Crippen molar-refractivity contribution < 1.29 is 14.0 Å². The van der Waals surface area contributed by atoms with E-state index in [0.29, 0.717) is 0 Å². The SMILES string of the molecule is ON=CC1CC(F)(F)C1. The van der Waals surface area contributed by atoms with Crippen molar-refractivity contribution in [1.82, 2.24) is 0 Å². The van der Waals surface area contributed by atoms with Gasteiger partial charge in [-0.25, -0.2) is 8.78 Å². The Balaban J connectivity index is 2.27. The maximum Gasteiger partial charge on any atom is 0.249 e. The molecule has 0 bridgehead atoms. The summed E-state index contributed by atoms with van der Waals surface area (Å²) >= 11 is 0. The van der Waals surface area contributed by atoms with E-state index in [9.17, 15) is 8.78 Å². The molecule has 0 unspecified atom stereocenters. The third kappa shape index (κ3) is 1.37. The molecular formula is C5H7F2NO. The number of rotatable bonds is 1. The maximum atomic E-state index is 12.0. The average Bonchev–Trinajstić information content (AvgIpc) is 1.62. The monoisotopic (exact) mass is 135 g/mol. The van der Waals surface area contributed by atoms with Crippen LogP contribution in [0.15, 0.2) is 5.16 Å². The van der Waals surface area contributed by atoms with Crippen molar-refractivity contribution in [2.45, 2.75) is 18.8 Å². The van der Waals surface area contributed by atoms with E-state index in [-0.39, 0.29) is 18.8 Å². The van der Waals surface area contributed by atoms with Gasteiger partial charge in [0.05, 0.1) is 0 Å². The van der Waals surface area contributed by atoms with E-state index in [0.717, 1.165) is 6.21 Å². The molecule has 9 heavy (non-hydrogen) atoms. The van der Waals surface area contributed by atoms with Crippen molar-refractivity contribution >= 4 is 6.21 Å². The van der Waals surface area contributed by atoms with E-state index in [1.807, 2.05) is 0 Å². The predicted octanol–water partition coefficient (Wildman–Crippen LogP) is 1.49. The standard InChI is InChI=1S/C5H7F2NO/c6-5(7)1-4(2-5)3-8-9/h3-4,9H,1-2H2. The number of oxime groups is 1. The maximum absolute atomic E-state index is 12.0. The van der Waals surface area contributed by atoms with Crippen LogP contribution in [0.4, 0.5) is 8.78 Å². The van der Waals surface area contributed by atoms with Gasteiger partial charge in [0.1, 0.15) is 0 Å². The first-order valence-electron chi connectivity index (χ1n) is 2.69. The molecule has 0 radical (unpaired) electrons. The van der Waals surface area contributed by atoms with Crippen molar-refractivity contribution in [2.24, 2.45) is 11.1 Å². The Morgan fingerprint density at radius 2 is 2.11 bits per heavy atom. The quantitative estimate of drug-likeness (QED) is 0.330. The van der Waals surface area contributed by atoms with E-state index in [4.69, 9.17) is 5.21 Å². The first-order valence-corrected chi connectivity index (χ1v) is 2.69. The summed E-state index contributed by atoms with van der Waals surface area (Å²) in [5, 5.41) is 10.6. The summed E-state index contributed by atoms with van der Waals surface area (Å²) in [4.78, 5) is 0. The van der Waals surface area contributed by atoms with Crippen molar-refractivity contribution in [3.05, 3.63) is 0 Å². The van der Waals surface area contributed by atoms with Gasteiger partial charge in [-0.3, -0.25) is 0 Å². The summed E-state index contributed by atoms with van der Waals surface area (Å²) in [6.45, 7) is 0. The minimum Gasteiger partial charge on any atom is -0.411 e. The number of hydrogen-bond donors (Lipinski definition) is 1. The molecule has 1 aliphatic rings. The average molecular weight is 135 g/mol. The van der Waals surface area contributed by atoms with Crippen LogP contribution in [-0.2, 0) is 0 Å². The highest BCUT2D eigenvalue weighted by molar-refractivity contribution is 5.61. The Kier molecular flexibility index (Phi) is 1.38. The molecule has 0 aromatic rings. The topological polar surface area (TPSA) is 32.6 Å². The molecule has 1 rings (SSSR count). The summed E-state index contributed by atoms with van der Waals surface area (Å²) in [5.74, 6) is -2.73. The molecule has 0 aromatic carbocycles. The largest absolute Gasteiger partial charge is 0.411 e. The third-order valence-electron chi connectivity index (χ3n) is 1.40. The molecular weight excluding hydrogens is 128 g/mol. The second-order valence-corrected chi connectivity index (χ2v) is 2.29. The van der Waals surface area contributed by atoms with Crippen LogP contribution >= 0.6 is 0 Å². The van der Waals surface area contributed by atoms with Gasteiger partial charge in [-0.05, 0) is 0 Å². The second kappa shape index (κ2) is 1.93. The van der Waals surface area contributed by atoms with Crippen molar-refractivity contribution in [2.75, 3.05) is 0 Å². The zero-order chi connectivity index (χ0) is 6.91. The lowest BCUT2D eigenvalue weighted by Gasteiger charge is -2.31. The van der Waals surface area contributed by atoms with Crippen LogP contribution in [0, 0.1) is 5.92 Å². The second-order valence-electron chi connectivity index (χ2n) is 2.29. The van der Waals surface area contributed by atoms with Crippen LogP contribution < -0.4 is 0 Å². The fourth-order valence-corrected chi connectivity index (χ4v) is 0.907. The van der Waals surface area contributed by atoms with E-state index in [1.165, 1.54) is 0 Å². The first kappa shape index (κ1) is 6.45. The molecule has 1 aliphatic carbocycles. The molecule has 0 aliphatic heterocycles. The lowest BCUT2D eigenvalue weighted by Crippen LogP contribution is -2.36. The fraction of sp³-hybridized carbons (Fsp3) is 0.800. The molecule has 1 saturated carbocycles. The van der Waals surface area contributed by atoms with Crippen molar-refractivity contribution in [3.63, 3.8) is 0 Å². The molecule has 0 heterocycles. The summed E-state index contributed by atoms with van der Waals surface area (Å²) in [6, 6.07) is 0. The van der Waals surface area contributed by atoms with Crippen molar-refractivity contribution in [1.29, 1.82) is 0 Å². The lowest BCUT2D eigenvalue weighted by atomic mass is 9.82. The molecule has 0 atom stereocenters. The lowest BCUT2D eigenvalue weighted by molar-refractivity contribution is -0.0900. The predicted molar refractivity (Wildman–Crippen MR) is 27.9 cm³/mol. The minimum absolute atomic E-state index is 0.170. The number of hydrogen-bond acceptors (Lipinski definition) is 2. The van der Waals surface area contributed by atoms with E-state index in [1.54, 1.807) is 0 Å². The van der Waals surface area contributed by atoms with Gasteiger partial charge in [0.2, 0.25) is 5.92 Å². The van der Waals surface area contributed by atoms with Crippen LogP contribution in [0.25, 0.3) is 0 Å².